The fourth-order valence-electron chi connectivity index (χ4n) is 0.957. The van der Waals surface area contributed by atoms with Crippen molar-refractivity contribution in [2.75, 3.05) is 0 Å². The largest absolute Gasteiger partial charge is 0.416 e. The molecule has 0 bridgehead atoms. The van der Waals surface area contributed by atoms with Crippen molar-refractivity contribution in [2.45, 2.75) is 13.1 Å². The Bertz CT molecular complexity index is 368. The van der Waals surface area contributed by atoms with E-state index in [0.717, 1.165) is 13.0 Å². The molecular formula is C9H6F4O. The average Bonchev–Trinajstić information content (AvgIpc) is 2.01. The first-order valence-electron chi connectivity index (χ1n) is 3.69. The molecule has 5 heteroatoms. The van der Waals surface area contributed by atoms with Crippen LogP contribution in [0.5, 0.6) is 0 Å². The molecule has 0 fully saturated rings. The Labute approximate surface area is 77.3 Å². The van der Waals surface area contributed by atoms with E-state index in [4.69, 9.17) is 0 Å². The summed E-state index contributed by atoms with van der Waals surface area (Å²) in [7, 11) is 0. The van der Waals surface area contributed by atoms with Gasteiger partial charge < -0.3 is 0 Å². The third-order valence-electron chi connectivity index (χ3n) is 1.63. The summed E-state index contributed by atoms with van der Waals surface area (Å²) in [5.74, 6) is -1.67. The maximum Gasteiger partial charge on any atom is 0.416 e. The van der Waals surface area contributed by atoms with Crippen LogP contribution < -0.4 is 0 Å². The van der Waals surface area contributed by atoms with Gasteiger partial charge in [-0.2, -0.15) is 13.2 Å². The van der Waals surface area contributed by atoms with Gasteiger partial charge in [-0.25, -0.2) is 4.39 Å². The zero-order valence-corrected chi connectivity index (χ0v) is 7.15. The van der Waals surface area contributed by atoms with E-state index in [0.29, 0.717) is 12.1 Å². The lowest BCUT2D eigenvalue weighted by atomic mass is 10.1. The van der Waals surface area contributed by atoms with Crippen molar-refractivity contribution in [3.8, 4) is 0 Å². The molecule has 1 rings (SSSR count). The number of halogens is 4. The zero-order chi connectivity index (χ0) is 10.9. The quantitative estimate of drug-likeness (QED) is 0.509. The third-order valence-corrected chi connectivity index (χ3v) is 1.63. The van der Waals surface area contributed by atoms with Crippen LogP contribution in [0.1, 0.15) is 22.8 Å². The minimum absolute atomic E-state index is 0.280. The molecule has 0 N–H and O–H groups in total. The Morgan fingerprint density at radius 3 is 2.21 bits per heavy atom. The maximum atomic E-state index is 12.7. The van der Waals surface area contributed by atoms with Crippen molar-refractivity contribution >= 4 is 5.78 Å². The van der Waals surface area contributed by atoms with Gasteiger partial charge in [0.2, 0.25) is 0 Å². The van der Waals surface area contributed by atoms with E-state index >= 15 is 0 Å². The van der Waals surface area contributed by atoms with Gasteiger partial charge in [0.1, 0.15) is 5.82 Å². The lowest BCUT2D eigenvalue weighted by Gasteiger charge is -2.07. The second kappa shape index (κ2) is 3.40. The van der Waals surface area contributed by atoms with Crippen LogP contribution in [-0.2, 0) is 6.18 Å². The number of ketones is 1. The van der Waals surface area contributed by atoms with Crippen LogP contribution in [0, 0.1) is 5.82 Å². The topological polar surface area (TPSA) is 17.1 Å². The first kappa shape index (κ1) is 10.7. The summed E-state index contributed by atoms with van der Waals surface area (Å²) in [6, 6.07) is 1.76. The van der Waals surface area contributed by atoms with E-state index in [9.17, 15) is 22.4 Å². The van der Waals surface area contributed by atoms with E-state index < -0.39 is 23.3 Å². The standard InChI is InChI=1S/C9H6F4O/c1-5(14)6-2-7(9(11,12)13)4-8(10)3-6/h2-4H,1H3. The smallest absolute Gasteiger partial charge is 0.295 e. The molecule has 0 saturated carbocycles. The summed E-state index contributed by atoms with van der Waals surface area (Å²) >= 11 is 0. The summed E-state index contributed by atoms with van der Waals surface area (Å²) < 4.78 is 49.1. The molecule has 1 nitrogen and oxygen atoms in total. The molecule has 0 saturated heterocycles. The summed E-state index contributed by atoms with van der Waals surface area (Å²) in [5, 5.41) is 0. The summed E-state index contributed by atoms with van der Waals surface area (Å²) in [4.78, 5) is 10.7. The van der Waals surface area contributed by atoms with E-state index in [1.165, 1.54) is 0 Å². The lowest BCUT2D eigenvalue weighted by Crippen LogP contribution is -2.07. The van der Waals surface area contributed by atoms with E-state index in [1.54, 1.807) is 0 Å². The van der Waals surface area contributed by atoms with Crippen LogP contribution in [0.25, 0.3) is 0 Å². The van der Waals surface area contributed by atoms with Crippen molar-refractivity contribution < 1.29 is 22.4 Å². The van der Waals surface area contributed by atoms with Gasteiger partial charge in [0, 0.05) is 5.56 Å². The van der Waals surface area contributed by atoms with Gasteiger partial charge in [-0.3, -0.25) is 4.79 Å². The molecule has 0 heterocycles. The number of carbonyl (C=O) groups is 1. The molecule has 0 aliphatic heterocycles. The van der Waals surface area contributed by atoms with Crippen LogP contribution >= 0.6 is 0 Å². The minimum atomic E-state index is -4.63. The molecule has 0 spiro atoms. The Hall–Kier alpha value is -1.39. The SMILES string of the molecule is CC(=O)c1cc(F)cc(C(F)(F)F)c1. The first-order valence-corrected chi connectivity index (χ1v) is 3.69. The van der Waals surface area contributed by atoms with Crippen molar-refractivity contribution in [3.63, 3.8) is 0 Å². The highest BCUT2D eigenvalue weighted by Gasteiger charge is 2.31. The average molecular weight is 206 g/mol. The van der Waals surface area contributed by atoms with Crippen LogP contribution in [0.3, 0.4) is 0 Å². The van der Waals surface area contributed by atoms with Crippen LogP contribution in [0.4, 0.5) is 17.6 Å². The third kappa shape index (κ3) is 2.31. The number of rotatable bonds is 1. The van der Waals surface area contributed by atoms with Gasteiger partial charge in [-0.1, -0.05) is 0 Å². The number of alkyl halides is 3. The van der Waals surface area contributed by atoms with Gasteiger partial charge in [0.25, 0.3) is 0 Å². The van der Waals surface area contributed by atoms with E-state index in [-0.39, 0.29) is 5.56 Å². The molecule has 0 amide bonds. The molecule has 14 heavy (non-hydrogen) atoms. The van der Waals surface area contributed by atoms with Crippen molar-refractivity contribution in [1.29, 1.82) is 0 Å². The molecule has 0 unspecified atom stereocenters. The molecule has 0 radical (unpaired) electrons. The number of carbonyl (C=O) groups excluding carboxylic acids is 1. The Morgan fingerprint density at radius 1 is 1.21 bits per heavy atom. The zero-order valence-electron chi connectivity index (χ0n) is 7.15. The Balaban J connectivity index is 3.28. The van der Waals surface area contributed by atoms with Gasteiger partial charge in [0.05, 0.1) is 5.56 Å². The second-order valence-electron chi connectivity index (χ2n) is 2.78. The number of benzene rings is 1. The number of hydrogen-bond acceptors (Lipinski definition) is 1. The van der Waals surface area contributed by atoms with Gasteiger partial charge in [-0.15, -0.1) is 0 Å². The summed E-state index contributed by atoms with van der Waals surface area (Å²) in [6.45, 7) is 1.08. The molecule has 0 atom stereocenters. The highest BCUT2D eigenvalue weighted by molar-refractivity contribution is 5.94. The molecule has 0 aromatic heterocycles. The molecule has 76 valence electrons. The van der Waals surface area contributed by atoms with Crippen molar-refractivity contribution in [3.05, 3.63) is 35.1 Å². The second-order valence-corrected chi connectivity index (χ2v) is 2.78. The fourth-order valence-corrected chi connectivity index (χ4v) is 0.957. The number of Topliss-reactive ketones (excluding diaryl/α,β-unsaturated/α-hetero) is 1. The Morgan fingerprint density at radius 2 is 1.79 bits per heavy atom. The molecule has 1 aromatic carbocycles. The van der Waals surface area contributed by atoms with Gasteiger partial charge in [-0.05, 0) is 25.1 Å². The van der Waals surface area contributed by atoms with Crippen LogP contribution in [-0.4, -0.2) is 5.78 Å². The van der Waals surface area contributed by atoms with Crippen molar-refractivity contribution in [1.82, 2.24) is 0 Å². The minimum Gasteiger partial charge on any atom is -0.295 e. The van der Waals surface area contributed by atoms with E-state index in [2.05, 4.69) is 0 Å². The van der Waals surface area contributed by atoms with Crippen LogP contribution in [0.15, 0.2) is 18.2 Å². The fraction of sp³-hybridized carbons (Fsp3) is 0.222. The van der Waals surface area contributed by atoms with Crippen LogP contribution in [0.2, 0.25) is 0 Å². The monoisotopic (exact) mass is 206 g/mol. The molecule has 0 aliphatic carbocycles. The highest BCUT2D eigenvalue weighted by atomic mass is 19.4. The number of hydrogen-bond donors (Lipinski definition) is 0. The predicted octanol–water partition coefficient (Wildman–Crippen LogP) is 3.05. The summed E-state index contributed by atoms with van der Waals surface area (Å²) in [6.07, 6.45) is -4.63. The first-order chi connectivity index (χ1) is 6.30. The Kier molecular flexibility index (Phi) is 2.59. The normalized spacial score (nSPS) is 11.5. The molecular weight excluding hydrogens is 200 g/mol. The lowest BCUT2D eigenvalue weighted by molar-refractivity contribution is -0.137. The molecule has 0 aliphatic rings. The summed E-state index contributed by atoms with van der Waals surface area (Å²) in [5.41, 5.74) is -1.43. The highest BCUT2D eigenvalue weighted by Crippen LogP contribution is 2.30. The van der Waals surface area contributed by atoms with Crippen molar-refractivity contribution in [2.24, 2.45) is 0 Å². The van der Waals surface area contributed by atoms with E-state index in [1.807, 2.05) is 0 Å². The molecule has 1 aromatic rings. The predicted molar refractivity (Wildman–Crippen MR) is 41.4 cm³/mol. The van der Waals surface area contributed by atoms with Gasteiger partial charge >= 0.3 is 6.18 Å². The van der Waals surface area contributed by atoms with Gasteiger partial charge in [0.15, 0.2) is 5.78 Å². The maximum absolute atomic E-state index is 12.7.